The predicted octanol–water partition coefficient (Wildman–Crippen LogP) is 2.99. The molecule has 0 saturated carbocycles. The van der Waals surface area contributed by atoms with Crippen LogP contribution in [0.3, 0.4) is 0 Å². The van der Waals surface area contributed by atoms with Crippen LogP contribution in [0, 0.1) is 0 Å². The van der Waals surface area contributed by atoms with E-state index in [1.54, 1.807) is 12.1 Å². The van der Waals surface area contributed by atoms with E-state index >= 15 is 0 Å². The van der Waals surface area contributed by atoms with Crippen LogP contribution in [0.4, 0.5) is 0 Å². The van der Waals surface area contributed by atoms with Crippen LogP contribution >= 0.6 is 0 Å². The Bertz CT molecular complexity index is 486. The quantitative estimate of drug-likeness (QED) is 0.474. The Morgan fingerprint density at radius 1 is 0.938 bits per heavy atom. The van der Waals surface area contributed by atoms with Crippen molar-refractivity contribution in [3.63, 3.8) is 0 Å². The van der Waals surface area contributed by atoms with Gasteiger partial charge in [0.25, 0.3) is 5.79 Å². The highest BCUT2D eigenvalue weighted by molar-refractivity contribution is 5.86. The smallest absolute Gasteiger partial charge is 0.248 e. The van der Waals surface area contributed by atoms with E-state index in [0.717, 1.165) is 10.8 Å². The summed E-state index contributed by atoms with van der Waals surface area (Å²) in [6.07, 6.45) is 0. The molecule has 2 N–H and O–H groups in total. The van der Waals surface area contributed by atoms with Crippen molar-refractivity contribution in [3.8, 4) is 0 Å². The van der Waals surface area contributed by atoms with Gasteiger partial charge in [-0.3, -0.25) is 0 Å². The molecule has 0 atom stereocenters. The van der Waals surface area contributed by atoms with Crippen molar-refractivity contribution in [2.75, 3.05) is 0 Å². The molecule has 0 amide bonds. The molecule has 0 saturated heterocycles. The molecule has 0 aliphatic carbocycles. The zero-order valence-corrected chi connectivity index (χ0v) is 8.75. The van der Waals surface area contributed by atoms with Crippen molar-refractivity contribution in [3.05, 3.63) is 48.0 Å². The summed E-state index contributed by atoms with van der Waals surface area (Å²) in [5.74, 6) is -1.58. The first kappa shape index (κ1) is 11.0. The summed E-state index contributed by atoms with van der Waals surface area (Å²) in [7, 11) is 0. The van der Waals surface area contributed by atoms with Crippen LogP contribution in [-0.4, -0.2) is 10.5 Å². The van der Waals surface area contributed by atoms with Gasteiger partial charge in [-0.25, -0.2) is 10.5 Å². The lowest BCUT2D eigenvalue weighted by atomic mass is 9.99. The monoisotopic (exact) mass is 220 g/mol. The van der Waals surface area contributed by atoms with Crippen molar-refractivity contribution >= 4 is 10.8 Å². The first-order valence-electron chi connectivity index (χ1n) is 4.84. The minimum Gasteiger partial charge on any atom is -0.248 e. The van der Waals surface area contributed by atoms with Crippen LogP contribution in [0.5, 0.6) is 0 Å². The van der Waals surface area contributed by atoms with Gasteiger partial charge in [-0.15, -0.1) is 0 Å². The molecule has 16 heavy (non-hydrogen) atoms. The summed E-state index contributed by atoms with van der Waals surface area (Å²) in [6, 6.07) is 13.0. The second-order valence-electron chi connectivity index (χ2n) is 3.65. The van der Waals surface area contributed by atoms with Gasteiger partial charge in [0.15, 0.2) is 0 Å². The van der Waals surface area contributed by atoms with E-state index in [0.29, 0.717) is 5.56 Å². The van der Waals surface area contributed by atoms with Gasteiger partial charge in [0.1, 0.15) is 0 Å². The number of hydrogen-bond donors (Lipinski definition) is 2. The fourth-order valence-corrected chi connectivity index (χ4v) is 1.74. The van der Waals surface area contributed by atoms with E-state index in [2.05, 4.69) is 9.78 Å². The van der Waals surface area contributed by atoms with E-state index in [1.165, 1.54) is 6.92 Å². The van der Waals surface area contributed by atoms with Crippen molar-refractivity contribution in [2.45, 2.75) is 12.7 Å². The van der Waals surface area contributed by atoms with Gasteiger partial charge in [0.2, 0.25) is 0 Å². The van der Waals surface area contributed by atoms with E-state index in [1.807, 2.05) is 30.3 Å². The number of hydrogen-bond acceptors (Lipinski definition) is 4. The molecule has 0 aliphatic heterocycles. The van der Waals surface area contributed by atoms with E-state index in [9.17, 15) is 0 Å². The normalized spacial score (nSPS) is 11.9. The molecule has 0 unspecified atom stereocenters. The maximum Gasteiger partial charge on any atom is 0.256 e. The Morgan fingerprint density at radius 2 is 1.56 bits per heavy atom. The SMILES string of the molecule is CC(OO)(OO)c1cccc2ccccc12. The maximum absolute atomic E-state index is 8.81. The van der Waals surface area contributed by atoms with Gasteiger partial charge in [-0.05, 0) is 17.7 Å². The topological polar surface area (TPSA) is 58.9 Å². The van der Waals surface area contributed by atoms with E-state index in [-0.39, 0.29) is 0 Å². The van der Waals surface area contributed by atoms with Crippen molar-refractivity contribution in [2.24, 2.45) is 0 Å². The Kier molecular flexibility index (Phi) is 2.89. The minimum atomic E-state index is -1.58. The average Bonchev–Trinajstić information content (AvgIpc) is 2.37. The lowest BCUT2D eigenvalue weighted by Crippen LogP contribution is -2.27. The third-order valence-electron chi connectivity index (χ3n) is 2.63. The first-order valence-corrected chi connectivity index (χ1v) is 4.84. The number of fused-ring (bicyclic) bond motifs is 1. The third kappa shape index (κ3) is 1.68. The summed E-state index contributed by atoms with van der Waals surface area (Å²) >= 11 is 0. The van der Waals surface area contributed by atoms with Gasteiger partial charge >= 0.3 is 0 Å². The van der Waals surface area contributed by atoms with Crippen LogP contribution in [-0.2, 0) is 15.6 Å². The summed E-state index contributed by atoms with van der Waals surface area (Å²) in [4.78, 5) is 8.42. The average molecular weight is 220 g/mol. The molecule has 84 valence electrons. The Labute approximate surface area is 92.5 Å². The summed E-state index contributed by atoms with van der Waals surface area (Å²) in [6.45, 7) is 1.43. The molecule has 4 nitrogen and oxygen atoms in total. The summed E-state index contributed by atoms with van der Waals surface area (Å²) < 4.78 is 0. The lowest BCUT2D eigenvalue weighted by Gasteiger charge is -2.23. The first-order chi connectivity index (χ1) is 7.71. The molecule has 2 aromatic rings. The molecule has 0 radical (unpaired) electrons. The molecule has 0 aliphatic rings. The zero-order chi connectivity index (χ0) is 11.6. The fraction of sp³-hybridized carbons (Fsp3) is 0.167. The molecule has 0 heterocycles. The van der Waals surface area contributed by atoms with E-state index < -0.39 is 5.79 Å². The minimum absolute atomic E-state index is 0.551. The highest BCUT2D eigenvalue weighted by atomic mass is 17.2. The van der Waals surface area contributed by atoms with Crippen molar-refractivity contribution in [1.29, 1.82) is 0 Å². The van der Waals surface area contributed by atoms with Crippen LogP contribution in [0.2, 0.25) is 0 Å². The molecule has 0 aromatic heterocycles. The zero-order valence-electron chi connectivity index (χ0n) is 8.75. The van der Waals surface area contributed by atoms with Gasteiger partial charge in [0.05, 0.1) is 0 Å². The van der Waals surface area contributed by atoms with Crippen LogP contribution in [0.25, 0.3) is 10.8 Å². The molecule has 0 bridgehead atoms. The van der Waals surface area contributed by atoms with Gasteiger partial charge in [-0.1, -0.05) is 42.5 Å². The molecule has 2 aromatic carbocycles. The fourth-order valence-electron chi connectivity index (χ4n) is 1.74. The molecular formula is C12H12O4. The molecular weight excluding hydrogens is 208 g/mol. The predicted molar refractivity (Wildman–Crippen MR) is 58.7 cm³/mol. The van der Waals surface area contributed by atoms with Gasteiger partial charge in [0, 0.05) is 5.56 Å². The Morgan fingerprint density at radius 3 is 2.25 bits per heavy atom. The molecule has 2 rings (SSSR count). The lowest BCUT2D eigenvalue weighted by molar-refractivity contribution is -0.489. The maximum atomic E-state index is 8.81. The summed E-state index contributed by atoms with van der Waals surface area (Å²) in [5.41, 5.74) is 0.551. The highest BCUT2D eigenvalue weighted by Crippen LogP contribution is 2.31. The largest absolute Gasteiger partial charge is 0.256 e. The van der Waals surface area contributed by atoms with Crippen LogP contribution < -0.4 is 0 Å². The number of benzene rings is 2. The van der Waals surface area contributed by atoms with Crippen molar-refractivity contribution < 1.29 is 20.3 Å². The van der Waals surface area contributed by atoms with Crippen molar-refractivity contribution in [1.82, 2.24) is 0 Å². The molecule has 0 spiro atoms. The number of rotatable bonds is 3. The second kappa shape index (κ2) is 4.19. The summed E-state index contributed by atoms with van der Waals surface area (Å²) in [5, 5.41) is 19.4. The molecule has 4 heteroatoms. The second-order valence-corrected chi connectivity index (χ2v) is 3.65. The van der Waals surface area contributed by atoms with Crippen LogP contribution in [0.15, 0.2) is 42.5 Å². The highest BCUT2D eigenvalue weighted by Gasteiger charge is 2.31. The van der Waals surface area contributed by atoms with Gasteiger partial charge < -0.3 is 0 Å². The van der Waals surface area contributed by atoms with Gasteiger partial charge in [-0.2, -0.15) is 9.78 Å². The third-order valence-corrected chi connectivity index (χ3v) is 2.63. The molecule has 0 fully saturated rings. The standard InChI is InChI=1S/C12H12O4/c1-12(15-13,16-14)11-8-4-6-9-5-2-3-7-10(9)11/h2-8,13-14H,1H3. The van der Waals surface area contributed by atoms with E-state index in [4.69, 9.17) is 10.5 Å². The Balaban J connectivity index is 2.69. The van der Waals surface area contributed by atoms with Crippen LogP contribution in [0.1, 0.15) is 12.5 Å². The Hall–Kier alpha value is -1.46.